The third-order valence-electron chi connectivity index (χ3n) is 3.89. The molecule has 0 bridgehead atoms. The third-order valence-corrected chi connectivity index (χ3v) is 3.89. The van der Waals surface area contributed by atoms with Crippen molar-refractivity contribution in [2.45, 2.75) is 51.0 Å². The Morgan fingerprint density at radius 1 is 1.47 bits per heavy atom. The molecule has 0 aromatic carbocycles. The molecule has 1 saturated carbocycles. The third kappa shape index (κ3) is 3.19. The van der Waals surface area contributed by atoms with E-state index in [-0.39, 0.29) is 0 Å². The van der Waals surface area contributed by atoms with Crippen LogP contribution in [0.1, 0.15) is 44.6 Å². The molecule has 1 heterocycles. The van der Waals surface area contributed by atoms with E-state index in [0.29, 0.717) is 12.2 Å². The quantitative estimate of drug-likeness (QED) is 0.773. The first-order chi connectivity index (χ1) is 8.09. The van der Waals surface area contributed by atoms with Gasteiger partial charge in [-0.1, -0.05) is 25.8 Å². The second kappa shape index (κ2) is 5.05. The molecule has 2 atom stereocenters. The predicted molar refractivity (Wildman–Crippen MR) is 69.6 cm³/mol. The van der Waals surface area contributed by atoms with Crippen LogP contribution in [0.5, 0.6) is 0 Å². The van der Waals surface area contributed by atoms with E-state index in [0.717, 1.165) is 37.2 Å². The van der Waals surface area contributed by atoms with Crippen molar-refractivity contribution in [2.24, 2.45) is 5.92 Å². The summed E-state index contributed by atoms with van der Waals surface area (Å²) < 4.78 is 0. The Morgan fingerprint density at radius 2 is 2.29 bits per heavy atom. The molecule has 1 aliphatic carbocycles. The molecule has 94 valence electrons. The molecule has 17 heavy (non-hydrogen) atoms. The van der Waals surface area contributed by atoms with E-state index in [9.17, 15) is 5.11 Å². The lowest BCUT2D eigenvalue weighted by molar-refractivity contribution is 0.0245. The highest BCUT2D eigenvalue weighted by Gasteiger charge is 2.30. The number of hydrogen-bond acceptors (Lipinski definition) is 3. The number of nitrogens with zero attached hydrogens (tertiary/aromatic N) is 1. The Labute approximate surface area is 103 Å². The molecule has 0 aliphatic heterocycles. The Bertz CT molecular complexity index is 380. The SMILES string of the molecule is CC1CCCC(O)(Cc2cccnc2N)CC1. The molecule has 3 heteroatoms. The number of anilines is 1. The molecule has 1 aromatic heterocycles. The van der Waals surface area contributed by atoms with Gasteiger partial charge in [-0.15, -0.1) is 0 Å². The zero-order chi connectivity index (χ0) is 12.3. The van der Waals surface area contributed by atoms with Crippen LogP contribution in [-0.4, -0.2) is 15.7 Å². The Kier molecular flexibility index (Phi) is 3.67. The van der Waals surface area contributed by atoms with E-state index in [1.54, 1.807) is 6.20 Å². The van der Waals surface area contributed by atoms with Crippen LogP contribution in [0.15, 0.2) is 18.3 Å². The molecule has 0 amide bonds. The summed E-state index contributed by atoms with van der Waals surface area (Å²) in [5.74, 6) is 1.29. The number of aromatic nitrogens is 1. The Morgan fingerprint density at radius 3 is 3.06 bits per heavy atom. The largest absolute Gasteiger partial charge is 0.390 e. The molecule has 0 saturated heterocycles. The second-order valence-electron chi connectivity index (χ2n) is 5.48. The van der Waals surface area contributed by atoms with Gasteiger partial charge in [-0.25, -0.2) is 4.98 Å². The molecule has 1 fully saturated rings. The summed E-state index contributed by atoms with van der Waals surface area (Å²) in [6.45, 7) is 2.27. The summed E-state index contributed by atoms with van der Waals surface area (Å²) in [4.78, 5) is 4.08. The maximum Gasteiger partial charge on any atom is 0.126 e. The van der Waals surface area contributed by atoms with Crippen LogP contribution in [-0.2, 0) is 6.42 Å². The minimum Gasteiger partial charge on any atom is -0.390 e. The zero-order valence-corrected chi connectivity index (χ0v) is 10.5. The van der Waals surface area contributed by atoms with Gasteiger partial charge in [0.1, 0.15) is 5.82 Å². The monoisotopic (exact) mass is 234 g/mol. The standard InChI is InChI=1S/C14H22N2O/c1-11-4-2-7-14(17,8-6-11)10-12-5-3-9-16-13(12)15/h3,5,9,11,17H,2,4,6-8,10H2,1H3,(H2,15,16). The van der Waals surface area contributed by atoms with Crippen LogP contribution in [0.4, 0.5) is 5.82 Å². The van der Waals surface area contributed by atoms with E-state index in [1.807, 2.05) is 12.1 Å². The van der Waals surface area contributed by atoms with Gasteiger partial charge >= 0.3 is 0 Å². The average molecular weight is 234 g/mol. The second-order valence-corrected chi connectivity index (χ2v) is 5.48. The number of nitrogen functional groups attached to an aromatic ring is 1. The molecule has 2 rings (SSSR count). The highest BCUT2D eigenvalue weighted by Crippen LogP contribution is 2.33. The predicted octanol–water partition coefficient (Wildman–Crippen LogP) is 2.54. The van der Waals surface area contributed by atoms with Crippen molar-refractivity contribution in [1.82, 2.24) is 4.98 Å². The lowest BCUT2D eigenvalue weighted by Gasteiger charge is -2.27. The van der Waals surface area contributed by atoms with Crippen molar-refractivity contribution >= 4 is 5.82 Å². The van der Waals surface area contributed by atoms with Gasteiger partial charge in [0.15, 0.2) is 0 Å². The van der Waals surface area contributed by atoms with Gasteiger partial charge in [0, 0.05) is 12.6 Å². The van der Waals surface area contributed by atoms with Crippen molar-refractivity contribution in [3.63, 3.8) is 0 Å². The van der Waals surface area contributed by atoms with Crippen molar-refractivity contribution in [2.75, 3.05) is 5.73 Å². The highest BCUT2D eigenvalue weighted by molar-refractivity contribution is 5.39. The fraction of sp³-hybridized carbons (Fsp3) is 0.643. The average Bonchev–Trinajstić information content (AvgIpc) is 2.45. The van der Waals surface area contributed by atoms with Gasteiger partial charge in [0.05, 0.1) is 5.60 Å². The Hall–Kier alpha value is -1.09. The number of nitrogens with two attached hydrogens (primary N) is 1. The maximum atomic E-state index is 10.7. The van der Waals surface area contributed by atoms with Gasteiger partial charge < -0.3 is 10.8 Å². The van der Waals surface area contributed by atoms with E-state index in [2.05, 4.69) is 11.9 Å². The summed E-state index contributed by atoms with van der Waals surface area (Å²) in [5, 5.41) is 10.7. The molecule has 2 unspecified atom stereocenters. The van der Waals surface area contributed by atoms with Crippen LogP contribution in [0, 0.1) is 5.92 Å². The van der Waals surface area contributed by atoms with E-state index in [1.165, 1.54) is 6.42 Å². The highest BCUT2D eigenvalue weighted by atomic mass is 16.3. The van der Waals surface area contributed by atoms with Crippen LogP contribution in [0.2, 0.25) is 0 Å². The smallest absolute Gasteiger partial charge is 0.126 e. The van der Waals surface area contributed by atoms with E-state index < -0.39 is 5.60 Å². The van der Waals surface area contributed by atoms with Crippen LogP contribution in [0.3, 0.4) is 0 Å². The molecule has 0 radical (unpaired) electrons. The Balaban J connectivity index is 2.09. The number of hydrogen-bond donors (Lipinski definition) is 2. The normalized spacial score (nSPS) is 29.9. The van der Waals surface area contributed by atoms with Crippen LogP contribution < -0.4 is 5.73 Å². The maximum absolute atomic E-state index is 10.7. The topological polar surface area (TPSA) is 59.1 Å². The van der Waals surface area contributed by atoms with Gasteiger partial charge in [-0.2, -0.15) is 0 Å². The first-order valence-corrected chi connectivity index (χ1v) is 6.51. The van der Waals surface area contributed by atoms with Gasteiger partial charge in [-0.05, 0) is 36.8 Å². The zero-order valence-electron chi connectivity index (χ0n) is 10.5. The van der Waals surface area contributed by atoms with Crippen molar-refractivity contribution < 1.29 is 5.11 Å². The van der Waals surface area contributed by atoms with Crippen LogP contribution >= 0.6 is 0 Å². The van der Waals surface area contributed by atoms with Crippen molar-refractivity contribution in [3.8, 4) is 0 Å². The minimum absolute atomic E-state index is 0.554. The summed E-state index contributed by atoms with van der Waals surface area (Å²) >= 11 is 0. The minimum atomic E-state index is -0.581. The van der Waals surface area contributed by atoms with Crippen molar-refractivity contribution in [3.05, 3.63) is 23.9 Å². The molecule has 1 aliphatic rings. The first kappa shape index (κ1) is 12.4. The summed E-state index contributed by atoms with van der Waals surface area (Å²) in [6.07, 6.45) is 7.53. The molecular weight excluding hydrogens is 212 g/mol. The molecule has 0 spiro atoms. The van der Waals surface area contributed by atoms with E-state index >= 15 is 0 Å². The molecule has 1 aromatic rings. The van der Waals surface area contributed by atoms with Crippen LogP contribution in [0.25, 0.3) is 0 Å². The summed E-state index contributed by atoms with van der Waals surface area (Å²) in [5.41, 5.74) is 6.24. The fourth-order valence-electron chi connectivity index (χ4n) is 2.70. The fourth-order valence-corrected chi connectivity index (χ4v) is 2.70. The lowest BCUT2D eigenvalue weighted by atomic mass is 9.87. The molecule has 3 nitrogen and oxygen atoms in total. The number of rotatable bonds is 2. The number of aliphatic hydroxyl groups is 1. The van der Waals surface area contributed by atoms with E-state index in [4.69, 9.17) is 5.73 Å². The molecular formula is C14H22N2O. The first-order valence-electron chi connectivity index (χ1n) is 6.51. The number of pyridine rings is 1. The molecule has 3 N–H and O–H groups in total. The lowest BCUT2D eigenvalue weighted by Crippen LogP contribution is -2.31. The van der Waals surface area contributed by atoms with Gasteiger partial charge in [0.2, 0.25) is 0 Å². The van der Waals surface area contributed by atoms with Gasteiger partial charge in [0.25, 0.3) is 0 Å². The summed E-state index contributed by atoms with van der Waals surface area (Å²) in [7, 11) is 0. The van der Waals surface area contributed by atoms with Crippen molar-refractivity contribution in [1.29, 1.82) is 0 Å². The van der Waals surface area contributed by atoms with Gasteiger partial charge in [-0.3, -0.25) is 0 Å². The summed E-state index contributed by atoms with van der Waals surface area (Å²) in [6, 6.07) is 3.85.